The molecule has 6 heteroatoms. The molecule has 0 fully saturated rings. The Morgan fingerprint density at radius 2 is 2.26 bits per heavy atom. The molecule has 2 amide bonds. The van der Waals surface area contributed by atoms with Gasteiger partial charge in [0.05, 0.1) is 5.69 Å². The molecule has 2 aliphatic heterocycles. The minimum atomic E-state index is -0.939. The third kappa shape index (κ3) is 1.71. The molecule has 0 aliphatic carbocycles. The van der Waals surface area contributed by atoms with Gasteiger partial charge in [0.25, 0.3) is 5.91 Å². The molecule has 2 aliphatic rings. The van der Waals surface area contributed by atoms with Gasteiger partial charge in [-0.15, -0.1) is 4.91 Å². The molecule has 3 rings (SSSR count). The topological polar surface area (TPSA) is 78.8 Å². The van der Waals surface area contributed by atoms with E-state index in [9.17, 15) is 14.5 Å². The number of hydrogen-bond acceptors (Lipinski definition) is 4. The maximum atomic E-state index is 11.7. The summed E-state index contributed by atoms with van der Waals surface area (Å²) in [4.78, 5) is 35.5. The number of fused-ring (bicyclic) bond motifs is 3. The highest BCUT2D eigenvalue weighted by atomic mass is 16.3. The summed E-state index contributed by atoms with van der Waals surface area (Å²) in [5.74, 6) is -0.324. The molecule has 0 bridgehead atoms. The minimum Gasteiger partial charge on any atom is -0.338 e. The van der Waals surface area contributed by atoms with Crippen molar-refractivity contribution in [1.82, 2.24) is 4.90 Å². The molecule has 0 spiro atoms. The predicted octanol–water partition coefficient (Wildman–Crippen LogP) is 1.35. The van der Waals surface area contributed by atoms with Crippen molar-refractivity contribution in [3.8, 4) is 0 Å². The molecule has 1 unspecified atom stereocenters. The van der Waals surface area contributed by atoms with Crippen LogP contribution in [0.15, 0.2) is 17.3 Å². The quantitative estimate of drug-likeness (QED) is 0.773. The normalized spacial score (nSPS) is 20.6. The molecule has 2 heterocycles. The Kier molecular flexibility index (Phi) is 2.58. The summed E-state index contributed by atoms with van der Waals surface area (Å²) < 4.78 is 0. The summed E-state index contributed by atoms with van der Waals surface area (Å²) in [7, 11) is 0. The molecule has 1 N–H and O–H groups in total. The zero-order valence-corrected chi connectivity index (χ0v) is 10.5. The molecule has 98 valence electrons. The Bertz CT molecular complexity index is 597. The van der Waals surface area contributed by atoms with Crippen LogP contribution in [-0.2, 0) is 22.6 Å². The summed E-state index contributed by atoms with van der Waals surface area (Å²) in [5.41, 5.74) is 3.41. The van der Waals surface area contributed by atoms with E-state index in [1.54, 1.807) is 17.9 Å². The van der Waals surface area contributed by atoms with Gasteiger partial charge in [0, 0.05) is 25.6 Å². The van der Waals surface area contributed by atoms with E-state index < -0.39 is 6.04 Å². The lowest BCUT2D eigenvalue weighted by molar-refractivity contribution is -0.129. The van der Waals surface area contributed by atoms with Crippen molar-refractivity contribution in [2.75, 3.05) is 11.9 Å². The largest absolute Gasteiger partial charge is 0.338 e. The lowest BCUT2D eigenvalue weighted by atomic mass is 9.94. The zero-order chi connectivity index (χ0) is 13.6. The smallest absolute Gasteiger partial charge is 0.257 e. The second-order valence-corrected chi connectivity index (χ2v) is 4.86. The van der Waals surface area contributed by atoms with E-state index in [0.717, 1.165) is 16.8 Å². The SMILES string of the molecule is CC(=O)N1CCc2c(ccc3c2NC(=O)C3N=O)C1. The van der Waals surface area contributed by atoms with Gasteiger partial charge in [0.15, 0.2) is 6.04 Å². The number of carbonyl (C=O) groups is 2. The van der Waals surface area contributed by atoms with E-state index in [1.165, 1.54) is 0 Å². The average molecular weight is 259 g/mol. The number of benzene rings is 1. The van der Waals surface area contributed by atoms with E-state index in [4.69, 9.17) is 0 Å². The fourth-order valence-corrected chi connectivity index (χ4v) is 2.76. The zero-order valence-electron chi connectivity index (χ0n) is 10.5. The number of nitroso groups, excluding NO2 is 1. The van der Waals surface area contributed by atoms with E-state index in [0.29, 0.717) is 25.1 Å². The van der Waals surface area contributed by atoms with Crippen molar-refractivity contribution in [1.29, 1.82) is 0 Å². The number of rotatable bonds is 1. The van der Waals surface area contributed by atoms with Crippen LogP contribution in [0, 0.1) is 4.91 Å². The van der Waals surface area contributed by atoms with E-state index in [2.05, 4.69) is 10.5 Å². The lowest BCUT2D eigenvalue weighted by Gasteiger charge is -2.29. The first-order chi connectivity index (χ1) is 9.11. The summed E-state index contributed by atoms with van der Waals surface area (Å²) >= 11 is 0. The van der Waals surface area contributed by atoms with Crippen LogP contribution in [0.1, 0.15) is 29.7 Å². The van der Waals surface area contributed by atoms with Crippen LogP contribution < -0.4 is 5.32 Å². The van der Waals surface area contributed by atoms with Crippen LogP contribution >= 0.6 is 0 Å². The number of hydrogen-bond donors (Lipinski definition) is 1. The third-order valence-corrected chi connectivity index (χ3v) is 3.78. The summed E-state index contributed by atoms with van der Waals surface area (Å²) in [6, 6.07) is 2.69. The molecule has 0 radical (unpaired) electrons. The first-order valence-corrected chi connectivity index (χ1v) is 6.15. The number of nitrogens with one attached hydrogen (secondary N) is 1. The third-order valence-electron chi connectivity index (χ3n) is 3.78. The van der Waals surface area contributed by atoms with Crippen molar-refractivity contribution in [3.05, 3.63) is 33.7 Å². The monoisotopic (exact) mass is 259 g/mol. The van der Waals surface area contributed by atoms with Gasteiger partial charge in [0.2, 0.25) is 5.91 Å². The van der Waals surface area contributed by atoms with Crippen molar-refractivity contribution in [3.63, 3.8) is 0 Å². The van der Waals surface area contributed by atoms with E-state index in [-0.39, 0.29) is 11.8 Å². The standard InChI is InChI=1S/C13H13N3O3/c1-7(17)16-5-4-9-8(6-16)2-3-10-11(9)14-13(18)12(10)15-19/h2-3,12H,4-6H2,1H3,(H,14,18). The van der Waals surface area contributed by atoms with Gasteiger partial charge in [-0.2, -0.15) is 0 Å². The van der Waals surface area contributed by atoms with Crippen molar-refractivity contribution in [2.24, 2.45) is 5.18 Å². The number of nitrogens with zero attached hydrogens (tertiary/aromatic N) is 2. The number of carbonyl (C=O) groups excluding carboxylic acids is 2. The first-order valence-electron chi connectivity index (χ1n) is 6.15. The summed E-state index contributed by atoms with van der Waals surface area (Å²) in [5, 5.41) is 5.61. The summed E-state index contributed by atoms with van der Waals surface area (Å²) in [6.45, 7) is 2.73. The molecule has 0 saturated carbocycles. The van der Waals surface area contributed by atoms with Crippen LogP contribution in [0.25, 0.3) is 0 Å². The Morgan fingerprint density at radius 3 is 2.95 bits per heavy atom. The number of anilines is 1. The highest BCUT2D eigenvalue weighted by molar-refractivity contribution is 6.03. The van der Waals surface area contributed by atoms with Crippen molar-refractivity contribution >= 4 is 17.5 Å². The first kappa shape index (κ1) is 11.8. The van der Waals surface area contributed by atoms with Crippen LogP contribution in [0.3, 0.4) is 0 Å². The van der Waals surface area contributed by atoms with E-state index >= 15 is 0 Å². The van der Waals surface area contributed by atoms with Gasteiger partial charge in [-0.1, -0.05) is 17.3 Å². The van der Waals surface area contributed by atoms with Crippen molar-refractivity contribution < 1.29 is 9.59 Å². The Hall–Kier alpha value is -2.24. The Balaban J connectivity index is 2.03. The second kappa shape index (κ2) is 4.15. The molecule has 19 heavy (non-hydrogen) atoms. The molecule has 1 aromatic carbocycles. The van der Waals surface area contributed by atoms with Gasteiger partial charge >= 0.3 is 0 Å². The predicted molar refractivity (Wildman–Crippen MR) is 68.4 cm³/mol. The van der Waals surface area contributed by atoms with Crippen LogP contribution in [0.2, 0.25) is 0 Å². The lowest BCUT2D eigenvalue weighted by Crippen LogP contribution is -2.34. The van der Waals surface area contributed by atoms with Crippen molar-refractivity contribution in [2.45, 2.75) is 25.9 Å². The second-order valence-electron chi connectivity index (χ2n) is 4.86. The molecule has 1 aromatic rings. The maximum absolute atomic E-state index is 11.7. The molecule has 1 atom stereocenters. The Labute approximate surface area is 109 Å². The average Bonchev–Trinajstić information content (AvgIpc) is 2.73. The van der Waals surface area contributed by atoms with Gasteiger partial charge < -0.3 is 10.2 Å². The fraction of sp³-hybridized carbons (Fsp3) is 0.385. The fourth-order valence-electron chi connectivity index (χ4n) is 2.76. The molecule has 0 saturated heterocycles. The van der Waals surface area contributed by atoms with Gasteiger partial charge in [-0.05, 0) is 17.5 Å². The molecule has 0 aromatic heterocycles. The number of amides is 2. The van der Waals surface area contributed by atoms with Gasteiger partial charge in [0.1, 0.15) is 0 Å². The minimum absolute atomic E-state index is 0.0441. The van der Waals surface area contributed by atoms with Crippen LogP contribution in [0.4, 0.5) is 5.69 Å². The molecular weight excluding hydrogens is 246 g/mol. The highest BCUT2D eigenvalue weighted by Gasteiger charge is 2.35. The maximum Gasteiger partial charge on any atom is 0.257 e. The molecule has 6 nitrogen and oxygen atoms in total. The Morgan fingerprint density at radius 1 is 1.47 bits per heavy atom. The van der Waals surface area contributed by atoms with E-state index in [1.807, 2.05) is 6.07 Å². The highest BCUT2D eigenvalue weighted by Crippen LogP contribution is 2.39. The van der Waals surface area contributed by atoms with Gasteiger partial charge in [-0.25, -0.2) is 0 Å². The summed E-state index contributed by atoms with van der Waals surface area (Å²) in [6.07, 6.45) is 0.684. The molecular formula is C13H13N3O3. The van der Waals surface area contributed by atoms with Crippen LogP contribution in [0.5, 0.6) is 0 Å². The van der Waals surface area contributed by atoms with Gasteiger partial charge in [-0.3, -0.25) is 9.59 Å². The van der Waals surface area contributed by atoms with Crippen LogP contribution in [-0.4, -0.2) is 23.3 Å².